The highest BCUT2D eigenvalue weighted by atomic mass is 32.2. The van der Waals surface area contributed by atoms with E-state index in [1.54, 1.807) is 19.1 Å². The fourth-order valence-corrected chi connectivity index (χ4v) is 3.23. The number of nitrogens with zero attached hydrogens (tertiary/aromatic N) is 1. The van der Waals surface area contributed by atoms with Gasteiger partial charge in [0, 0.05) is 18.8 Å². The van der Waals surface area contributed by atoms with Gasteiger partial charge in [-0.15, -0.1) is 0 Å². The summed E-state index contributed by atoms with van der Waals surface area (Å²) in [6, 6.07) is 4.62. The molecule has 5 N–H and O–H groups in total. The van der Waals surface area contributed by atoms with Crippen molar-refractivity contribution in [2.75, 3.05) is 23.7 Å². The van der Waals surface area contributed by atoms with Crippen LogP contribution in [0, 0.1) is 0 Å². The molecule has 1 saturated heterocycles. The van der Waals surface area contributed by atoms with E-state index < -0.39 is 15.6 Å². The Kier molecular flexibility index (Phi) is 3.46. The van der Waals surface area contributed by atoms with Gasteiger partial charge in [0.05, 0.1) is 11.3 Å². The van der Waals surface area contributed by atoms with Crippen molar-refractivity contribution in [3.63, 3.8) is 0 Å². The number of anilines is 2. The smallest absolute Gasteiger partial charge is 0.240 e. The standard InChI is InChI=1S/C12H19N3O3S/c1-12(16)5-2-6-15(8-12)10-4-3-9(13)7-11(10)19(14,17)18/h3-4,7,16H,2,5-6,8,13H2,1H3,(H2,14,17,18). The molecule has 0 aromatic heterocycles. The Morgan fingerprint density at radius 3 is 2.68 bits per heavy atom. The zero-order valence-electron chi connectivity index (χ0n) is 10.8. The number of β-amino-alcohol motifs (C(OH)–C–C–N with tert-alkyl or cyclic N) is 1. The normalized spacial score (nSPS) is 24.5. The maximum Gasteiger partial charge on any atom is 0.240 e. The SMILES string of the molecule is CC1(O)CCCN(c2ccc(N)cc2S(N)(=O)=O)C1. The first-order valence-electron chi connectivity index (χ1n) is 6.09. The number of aliphatic hydroxyl groups is 1. The highest BCUT2D eigenvalue weighted by Gasteiger charge is 2.30. The lowest BCUT2D eigenvalue weighted by molar-refractivity contribution is 0.0448. The van der Waals surface area contributed by atoms with Crippen molar-refractivity contribution in [3.05, 3.63) is 18.2 Å². The van der Waals surface area contributed by atoms with Gasteiger partial charge in [0.25, 0.3) is 0 Å². The van der Waals surface area contributed by atoms with E-state index in [0.29, 0.717) is 30.9 Å². The van der Waals surface area contributed by atoms with Crippen LogP contribution in [-0.2, 0) is 10.0 Å². The predicted octanol–water partition coefficient (Wildman–Crippen LogP) is 0.267. The highest BCUT2D eigenvalue weighted by molar-refractivity contribution is 7.89. The number of primary sulfonamides is 1. The second-order valence-electron chi connectivity index (χ2n) is 5.29. The second kappa shape index (κ2) is 4.66. The largest absolute Gasteiger partial charge is 0.399 e. The summed E-state index contributed by atoms with van der Waals surface area (Å²) in [6.07, 6.45) is 1.49. The van der Waals surface area contributed by atoms with Gasteiger partial charge >= 0.3 is 0 Å². The number of hydrogen-bond donors (Lipinski definition) is 3. The van der Waals surface area contributed by atoms with Gasteiger partial charge < -0.3 is 15.7 Å². The Hall–Kier alpha value is -1.31. The highest BCUT2D eigenvalue weighted by Crippen LogP contribution is 2.31. The zero-order chi connectivity index (χ0) is 14.3. The van der Waals surface area contributed by atoms with Gasteiger partial charge in [-0.25, -0.2) is 13.6 Å². The Labute approximate surface area is 113 Å². The van der Waals surface area contributed by atoms with Crippen LogP contribution in [0.2, 0.25) is 0 Å². The summed E-state index contributed by atoms with van der Waals surface area (Å²) >= 11 is 0. The molecule has 1 fully saturated rings. The van der Waals surface area contributed by atoms with Crippen molar-refractivity contribution < 1.29 is 13.5 Å². The molecule has 1 aliphatic heterocycles. The van der Waals surface area contributed by atoms with Crippen molar-refractivity contribution in [2.24, 2.45) is 5.14 Å². The fraction of sp³-hybridized carbons (Fsp3) is 0.500. The van der Waals surface area contributed by atoms with E-state index in [1.807, 2.05) is 4.90 Å². The molecule has 6 nitrogen and oxygen atoms in total. The minimum atomic E-state index is -3.85. The van der Waals surface area contributed by atoms with Gasteiger partial charge in [0.1, 0.15) is 4.90 Å². The Morgan fingerprint density at radius 2 is 2.11 bits per heavy atom. The van der Waals surface area contributed by atoms with Gasteiger partial charge in [-0.05, 0) is 38.0 Å². The van der Waals surface area contributed by atoms with Crippen LogP contribution >= 0.6 is 0 Å². The molecule has 0 aliphatic carbocycles. The third-order valence-electron chi connectivity index (χ3n) is 3.31. The van der Waals surface area contributed by atoms with Crippen molar-refractivity contribution in [1.29, 1.82) is 0 Å². The number of piperidine rings is 1. The maximum absolute atomic E-state index is 11.6. The summed E-state index contributed by atoms with van der Waals surface area (Å²) in [7, 11) is -3.85. The van der Waals surface area contributed by atoms with Crippen LogP contribution in [0.15, 0.2) is 23.1 Å². The Balaban J connectivity index is 2.45. The average Bonchev–Trinajstić information content (AvgIpc) is 2.26. The predicted molar refractivity (Wildman–Crippen MR) is 74.3 cm³/mol. The minimum absolute atomic E-state index is 0.00481. The second-order valence-corrected chi connectivity index (χ2v) is 6.82. The van der Waals surface area contributed by atoms with Crippen LogP contribution in [0.4, 0.5) is 11.4 Å². The van der Waals surface area contributed by atoms with Crippen LogP contribution in [-0.4, -0.2) is 32.2 Å². The molecule has 0 spiro atoms. The molecule has 0 saturated carbocycles. The molecule has 1 aromatic carbocycles. The summed E-state index contributed by atoms with van der Waals surface area (Å²) in [6.45, 7) is 2.80. The molecule has 1 aliphatic rings. The van der Waals surface area contributed by atoms with Crippen LogP contribution < -0.4 is 15.8 Å². The maximum atomic E-state index is 11.6. The number of sulfonamides is 1. The molecule has 1 heterocycles. The van der Waals surface area contributed by atoms with Crippen LogP contribution in [0.25, 0.3) is 0 Å². The average molecular weight is 285 g/mol. The van der Waals surface area contributed by atoms with E-state index in [9.17, 15) is 13.5 Å². The first kappa shape index (κ1) is 14.1. The first-order valence-corrected chi connectivity index (χ1v) is 7.63. The van der Waals surface area contributed by atoms with Gasteiger partial charge in [0.15, 0.2) is 0 Å². The first-order chi connectivity index (χ1) is 8.69. The number of nitrogen functional groups attached to an aromatic ring is 1. The molecule has 0 radical (unpaired) electrons. The van der Waals surface area contributed by atoms with Crippen molar-refractivity contribution >= 4 is 21.4 Å². The van der Waals surface area contributed by atoms with Crippen LogP contribution in [0.3, 0.4) is 0 Å². The molecule has 1 unspecified atom stereocenters. The van der Waals surface area contributed by atoms with E-state index in [2.05, 4.69) is 0 Å². The van der Waals surface area contributed by atoms with E-state index in [1.165, 1.54) is 6.07 Å². The Morgan fingerprint density at radius 1 is 1.42 bits per heavy atom. The third-order valence-corrected chi connectivity index (χ3v) is 4.25. The minimum Gasteiger partial charge on any atom is -0.399 e. The summed E-state index contributed by atoms with van der Waals surface area (Å²) < 4.78 is 23.3. The number of rotatable bonds is 2. The van der Waals surface area contributed by atoms with Crippen LogP contribution in [0.1, 0.15) is 19.8 Å². The molecule has 2 rings (SSSR count). The summed E-state index contributed by atoms with van der Waals surface area (Å²) in [5.41, 5.74) is 5.64. The zero-order valence-corrected chi connectivity index (χ0v) is 11.7. The number of hydrogen-bond acceptors (Lipinski definition) is 5. The number of benzene rings is 1. The molecule has 1 aromatic rings. The van der Waals surface area contributed by atoms with Gasteiger partial charge in [-0.1, -0.05) is 0 Å². The van der Waals surface area contributed by atoms with E-state index in [4.69, 9.17) is 10.9 Å². The van der Waals surface area contributed by atoms with Crippen LogP contribution in [0.5, 0.6) is 0 Å². The van der Waals surface area contributed by atoms with Gasteiger partial charge in [-0.2, -0.15) is 0 Å². The summed E-state index contributed by atoms with van der Waals surface area (Å²) in [5.74, 6) is 0. The molecular formula is C12H19N3O3S. The monoisotopic (exact) mass is 285 g/mol. The lowest BCUT2D eigenvalue weighted by atomic mass is 9.95. The van der Waals surface area contributed by atoms with Crippen molar-refractivity contribution in [1.82, 2.24) is 0 Å². The fourth-order valence-electron chi connectivity index (χ4n) is 2.45. The van der Waals surface area contributed by atoms with E-state index in [0.717, 1.165) is 6.42 Å². The molecule has 106 valence electrons. The molecule has 19 heavy (non-hydrogen) atoms. The van der Waals surface area contributed by atoms with E-state index >= 15 is 0 Å². The van der Waals surface area contributed by atoms with E-state index in [-0.39, 0.29) is 4.90 Å². The van der Waals surface area contributed by atoms with Gasteiger partial charge in [-0.3, -0.25) is 0 Å². The quantitative estimate of drug-likeness (QED) is 0.676. The molecule has 1 atom stereocenters. The molecule has 0 bridgehead atoms. The summed E-state index contributed by atoms with van der Waals surface area (Å²) in [5, 5.41) is 15.3. The van der Waals surface area contributed by atoms with Gasteiger partial charge in [0.2, 0.25) is 10.0 Å². The molecule has 0 amide bonds. The Bertz CT molecular complexity index is 584. The summed E-state index contributed by atoms with van der Waals surface area (Å²) in [4.78, 5) is 1.84. The topological polar surface area (TPSA) is 110 Å². The third kappa shape index (κ3) is 3.17. The van der Waals surface area contributed by atoms with Crippen molar-refractivity contribution in [3.8, 4) is 0 Å². The lowest BCUT2D eigenvalue weighted by Gasteiger charge is -2.38. The lowest BCUT2D eigenvalue weighted by Crippen LogP contribution is -2.46. The molecular weight excluding hydrogens is 266 g/mol. The van der Waals surface area contributed by atoms with Crippen molar-refractivity contribution in [2.45, 2.75) is 30.3 Å². The number of nitrogens with two attached hydrogens (primary N) is 2. The molecule has 7 heteroatoms.